The van der Waals surface area contributed by atoms with Gasteiger partial charge in [0.05, 0.1) is 0 Å². The molecule has 5 heteroatoms. The van der Waals surface area contributed by atoms with Crippen molar-refractivity contribution in [2.75, 3.05) is 19.6 Å². The molecule has 0 saturated heterocycles. The van der Waals surface area contributed by atoms with Gasteiger partial charge in [0.25, 0.3) is 5.92 Å². The van der Waals surface area contributed by atoms with E-state index >= 15 is 0 Å². The Labute approximate surface area is 156 Å². The number of halogens is 2. The van der Waals surface area contributed by atoms with Gasteiger partial charge in [-0.05, 0) is 37.8 Å². The molecular weight excluding hydrogens is 334 g/mol. The zero-order chi connectivity index (χ0) is 18.6. The zero-order valence-electron chi connectivity index (χ0n) is 16.1. The van der Waals surface area contributed by atoms with E-state index in [1.807, 2.05) is 6.07 Å². The van der Waals surface area contributed by atoms with Crippen LogP contribution in [0.15, 0.2) is 12.1 Å². The predicted molar refractivity (Wildman–Crippen MR) is 100.0 cm³/mol. The maximum atomic E-state index is 13.3. The van der Waals surface area contributed by atoms with Crippen molar-refractivity contribution < 1.29 is 13.5 Å². The SMILES string of the molecule is CC(Oc1ccc2c(n1)CCN(CCC1CCCCC1)CC2)C(C)(F)F. The number of hydrogen-bond donors (Lipinski definition) is 0. The van der Waals surface area contributed by atoms with Crippen LogP contribution in [0.1, 0.15) is 63.6 Å². The number of pyridine rings is 1. The van der Waals surface area contributed by atoms with Crippen molar-refractivity contribution in [3.63, 3.8) is 0 Å². The van der Waals surface area contributed by atoms with E-state index in [2.05, 4.69) is 9.88 Å². The molecule has 1 saturated carbocycles. The summed E-state index contributed by atoms with van der Waals surface area (Å²) in [7, 11) is 0. The van der Waals surface area contributed by atoms with Gasteiger partial charge in [-0.2, -0.15) is 0 Å². The molecule has 0 amide bonds. The first-order valence-corrected chi connectivity index (χ1v) is 10.2. The Morgan fingerprint density at radius 1 is 1.19 bits per heavy atom. The fourth-order valence-corrected chi connectivity index (χ4v) is 4.02. The van der Waals surface area contributed by atoms with Crippen LogP contribution in [0, 0.1) is 5.92 Å². The molecule has 3 nitrogen and oxygen atoms in total. The van der Waals surface area contributed by atoms with Crippen LogP contribution in [-0.2, 0) is 12.8 Å². The normalized spacial score (nSPS) is 21.1. The molecule has 1 aliphatic heterocycles. The van der Waals surface area contributed by atoms with Crippen LogP contribution in [0.2, 0.25) is 0 Å². The van der Waals surface area contributed by atoms with Gasteiger partial charge in [0.1, 0.15) is 0 Å². The summed E-state index contributed by atoms with van der Waals surface area (Å²) in [4.78, 5) is 7.07. The highest BCUT2D eigenvalue weighted by atomic mass is 19.3. The number of nitrogens with zero attached hydrogens (tertiary/aromatic N) is 2. The molecule has 1 atom stereocenters. The lowest BCUT2D eigenvalue weighted by atomic mass is 9.87. The highest BCUT2D eigenvalue weighted by Gasteiger charge is 2.32. The van der Waals surface area contributed by atoms with Crippen molar-refractivity contribution in [1.82, 2.24) is 9.88 Å². The molecule has 26 heavy (non-hydrogen) atoms. The van der Waals surface area contributed by atoms with Crippen LogP contribution < -0.4 is 4.74 Å². The second-order valence-corrected chi connectivity index (χ2v) is 8.11. The Kier molecular flexibility index (Phi) is 6.49. The van der Waals surface area contributed by atoms with Crippen molar-refractivity contribution in [2.24, 2.45) is 5.92 Å². The van der Waals surface area contributed by atoms with Gasteiger partial charge < -0.3 is 9.64 Å². The van der Waals surface area contributed by atoms with Gasteiger partial charge in [-0.15, -0.1) is 0 Å². The minimum atomic E-state index is -2.87. The first-order valence-electron chi connectivity index (χ1n) is 10.2. The van der Waals surface area contributed by atoms with Gasteiger partial charge in [0.2, 0.25) is 5.88 Å². The van der Waals surface area contributed by atoms with Crippen molar-refractivity contribution in [3.05, 3.63) is 23.4 Å². The third kappa shape index (κ3) is 5.38. The summed E-state index contributed by atoms with van der Waals surface area (Å²) in [6, 6.07) is 3.74. The molecule has 146 valence electrons. The zero-order valence-corrected chi connectivity index (χ0v) is 16.1. The highest BCUT2D eigenvalue weighted by molar-refractivity contribution is 5.27. The summed E-state index contributed by atoms with van der Waals surface area (Å²) in [6.45, 7) is 5.49. The van der Waals surface area contributed by atoms with Crippen molar-refractivity contribution in [2.45, 2.75) is 77.2 Å². The lowest BCUT2D eigenvalue weighted by Gasteiger charge is -2.26. The standard InChI is InChI=1S/C21H32F2N2O/c1-16(21(2,22)23)26-20-9-8-18-11-14-25(15-12-19(18)24-20)13-10-17-6-4-3-5-7-17/h8-9,16-17H,3-7,10-15H2,1-2H3. The Morgan fingerprint density at radius 2 is 1.92 bits per heavy atom. The molecule has 1 unspecified atom stereocenters. The van der Waals surface area contributed by atoms with Crippen LogP contribution in [0.4, 0.5) is 8.78 Å². The molecule has 1 fully saturated rings. The molecule has 3 rings (SSSR count). The summed E-state index contributed by atoms with van der Waals surface area (Å²) in [5, 5.41) is 0. The Balaban J connectivity index is 1.53. The third-order valence-corrected chi connectivity index (χ3v) is 5.99. The molecule has 0 aromatic carbocycles. The van der Waals surface area contributed by atoms with E-state index in [4.69, 9.17) is 4.74 Å². The van der Waals surface area contributed by atoms with E-state index in [0.717, 1.165) is 44.5 Å². The van der Waals surface area contributed by atoms with Crippen LogP contribution in [0.3, 0.4) is 0 Å². The average molecular weight is 366 g/mol. The second kappa shape index (κ2) is 8.64. The third-order valence-electron chi connectivity index (χ3n) is 5.99. The summed E-state index contributed by atoms with van der Waals surface area (Å²) in [5.74, 6) is -1.65. The maximum Gasteiger partial charge on any atom is 0.281 e. The van der Waals surface area contributed by atoms with E-state index in [1.165, 1.54) is 57.6 Å². The van der Waals surface area contributed by atoms with Gasteiger partial charge >= 0.3 is 0 Å². The molecule has 2 heterocycles. The number of alkyl halides is 2. The van der Waals surface area contributed by atoms with Crippen LogP contribution >= 0.6 is 0 Å². The van der Waals surface area contributed by atoms with Crippen LogP contribution in [0.25, 0.3) is 0 Å². The second-order valence-electron chi connectivity index (χ2n) is 8.11. The van der Waals surface area contributed by atoms with Crippen LogP contribution in [-0.4, -0.2) is 41.5 Å². The fraction of sp³-hybridized carbons (Fsp3) is 0.762. The first-order chi connectivity index (χ1) is 12.4. The van der Waals surface area contributed by atoms with E-state index in [1.54, 1.807) is 6.07 Å². The number of rotatable bonds is 6. The van der Waals surface area contributed by atoms with E-state index < -0.39 is 12.0 Å². The van der Waals surface area contributed by atoms with Crippen molar-refractivity contribution in [3.8, 4) is 5.88 Å². The molecule has 0 radical (unpaired) electrons. The van der Waals surface area contributed by atoms with Crippen LogP contribution in [0.5, 0.6) is 5.88 Å². The summed E-state index contributed by atoms with van der Waals surface area (Å²) in [5.41, 5.74) is 2.24. The molecule has 1 aliphatic carbocycles. The molecule has 0 bridgehead atoms. The molecule has 0 spiro atoms. The fourth-order valence-electron chi connectivity index (χ4n) is 4.02. The lowest BCUT2D eigenvalue weighted by Crippen LogP contribution is -2.32. The van der Waals surface area contributed by atoms with Gasteiger partial charge in [-0.1, -0.05) is 38.2 Å². The summed E-state index contributed by atoms with van der Waals surface area (Å²) < 4.78 is 32.0. The number of ether oxygens (including phenoxy) is 1. The number of hydrogen-bond acceptors (Lipinski definition) is 3. The van der Waals surface area contributed by atoms with Gasteiger partial charge in [0, 0.05) is 38.2 Å². The molecular formula is C21H32F2N2O. The monoisotopic (exact) mass is 366 g/mol. The van der Waals surface area contributed by atoms with Crippen molar-refractivity contribution in [1.29, 1.82) is 0 Å². The Morgan fingerprint density at radius 3 is 2.65 bits per heavy atom. The van der Waals surface area contributed by atoms with Gasteiger partial charge in [-0.3, -0.25) is 0 Å². The number of aromatic nitrogens is 1. The maximum absolute atomic E-state index is 13.3. The molecule has 0 N–H and O–H groups in total. The number of fused-ring (bicyclic) bond motifs is 1. The minimum absolute atomic E-state index is 0.313. The van der Waals surface area contributed by atoms with Gasteiger partial charge in [-0.25, -0.2) is 13.8 Å². The predicted octanol–water partition coefficient (Wildman–Crippen LogP) is 4.88. The lowest BCUT2D eigenvalue weighted by molar-refractivity contribution is -0.0733. The molecule has 1 aromatic rings. The van der Waals surface area contributed by atoms with E-state index in [-0.39, 0.29) is 0 Å². The Hall–Kier alpha value is -1.23. The first kappa shape index (κ1) is 19.5. The summed E-state index contributed by atoms with van der Waals surface area (Å²) in [6.07, 6.45) is 8.99. The highest BCUT2D eigenvalue weighted by Crippen LogP contribution is 2.27. The summed E-state index contributed by atoms with van der Waals surface area (Å²) >= 11 is 0. The molecule has 2 aliphatic rings. The minimum Gasteiger partial charge on any atom is -0.468 e. The molecule has 1 aromatic heterocycles. The van der Waals surface area contributed by atoms with Gasteiger partial charge in [0.15, 0.2) is 6.10 Å². The smallest absolute Gasteiger partial charge is 0.281 e. The van der Waals surface area contributed by atoms with E-state index in [0.29, 0.717) is 5.88 Å². The van der Waals surface area contributed by atoms with Crippen molar-refractivity contribution >= 4 is 0 Å². The largest absolute Gasteiger partial charge is 0.468 e. The Bertz CT molecular complexity index is 582. The quantitative estimate of drug-likeness (QED) is 0.718. The van der Waals surface area contributed by atoms with E-state index in [9.17, 15) is 8.78 Å². The average Bonchev–Trinajstić information content (AvgIpc) is 2.82. The topological polar surface area (TPSA) is 25.4 Å².